The van der Waals surface area contributed by atoms with E-state index in [9.17, 15) is 10.0 Å². The summed E-state index contributed by atoms with van der Waals surface area (Å²) in [5.41, 5.74) is 9.16. The van der Waals surface area contributed by atoms with E-state index in [1.54, 1.807) is 6.07 Å². The predicted octanol–water partition coefficient (Wildman–Crippen LogP) is 9.22. The van der Waals surface area contributed by atoms with Crippen LogP contribution in [-0.4, -0.2) is 17.2 Å². The van der Waals surface area contributed by atoms with Crippen LogP contribution in [-0.2, 0) is 0 Å². The van der Waals surface area contributed by atoms with Crippen LogP contribution in [0.15, 0.2) is 162 Å². The Morgan fingerprint density at radius 3 is 1.56 bits per heavy atom. The molecule has 0 aliphatic carbocycles. The van der Waals surface area contributed by atoms with E-state index >= 15 is 0 Å². The van der Waals surface area contributed by atoms with Crippen LogP contribution in [0.2, 0.25) is 0 Å². The molecule has 0 radical (unpaired) electrons. The van der Waals surface area contributed by atoms with E-state index in [2.05, 4.69) is 120 Å². The first-order valence-corrected chi connectivity index (χ1v) is 15.0. The van der Waals surface area contributed by atoms with Gasteiger partial charge in [0.2, 0.25) is 0 Å². The second kappa shape index (κ2) is 11.1. The number of furan rings is 1. The fourth-order valence-corrected chi connectivity index (χ4v) is 6.29. The van der Waals surface area contributed by atoms with Crippen LogP contribution in [0.5, 0.6) is 0 Å². The van der Waals surface area contributed by atoms with Crippen LogP contribution in [0, 0.1) is 0 Å². The van der Waals surface area contributed by atoms with E-state index in [0.717, 1.165) is 49.7 Å². The highest BCUT2D eigenvalue weighted by Gasteiger charge is 2.23. The monoisotopic (exact) mass is 581 g/mol. The van der Waals surface area contributed by atoms with Crippen molar-refractivity contribution in [3.8, 4) is 22.3 Å². The summed E-state index contributed by atoms with van der Waals surface area (Å²) < 4.78 is 6.29. The highest BCUT2D eigenvalue weighted by Crippen LogP contribution is 2.41. The van der Waals surface area contributed by atoms with Gasteiger partial charge in [-0.15, -0.1) is 0 Å². The maximum absolute atomic E-state index is 10.2. The fourth-order valence-electron chi connectivity index (χ4n) is 6.29. The molecule has 0 aliphatic rings. The van der Waals surface area contributed by atoms with Gasteiger partial charge in [0.1, 0.15) is 11.2 Å². The zero-order valence-corrected chi connectivity index (χ0v) is 24.3. The Hall–Kier alpha value is -5.62. The van der Waals surface area contributed by atoms with Crippen molar-refractivity contribution in [2.75, 3.05) is 4.90 Å². The molecule has 1 aromatic heterocycles. The molecule has 0 saturated heterocycles. The van der Waals surface area contributed by atoms with Crippen molar-refractivity contribution >= 4 is 62.4 Å². The maximum Gasteiger partial charge on any atom is 0.492 e. The molecule has 0 amide bonds. The highest BCUT2D eigenvalue weighted by molar-refractivity contribution is 6.62. The van der Waals surface area contributed by atoms with Gasteiger partial charge in [-0.3, -0.25) is 0 Å². The standard InChI is InChI=1S/C40H28BNO3/c43-41(44)37-25-31-13-7-8-14-35(31)39-36-26-34(23-24-38(36)45-40(37)39)42(32-19-15-29(16-20-32)27-9-3-1-4-10-27)33-21-17-30(18-22-33)28-11-5-2-6-12-28/h1-26,43-44H. The third kappa shape index (κ3) is 4.85. The lowest BCUT2D eigenvalue weighted by Gasteiger charge is -2.26. The minimum atomic E-state index is -1.65. The number of nitrogens with zero attached hydrogens (tertiary/aromatic N) is 1. The lowest BCUT2D eigenvalue weighted by molar-refractivity contribution is 0.425. The summed E-state index contributed by atoms with van der Waals surface area (Å²) in [5.74, 6) is 0. The average molecular weight is 581 g/mol. The molecule has 45 heavy (non-hydrogen) atoms. The highest BCUT2D eigenvalue weighted by atomic mass is 16.4. The Morgan fingerprint density at radius 1 is 0.467 bits per heavy atom. The molecule has 214 valence electrons. The summed E-state index contributed by atoms with van der Waals surface area (Å²) in [4.78, 5) is 2.24. The minimum Gasteiger partial charge on any atom is -0.456 e. The smallest absolute Gasteiger partial charge is 0.456 e. The lowest BCUT2D eigenvalue weighted by atomic mass is 9.78. The van der Waals surface area contributed by atoms with Gasteiger partial charge in [-0.1, -0.05) is 115 Å². The topological polar surface area (TPSA) is 56.8 Å². The Morgan fingerprint density at radius 2 is 0.978 bits per heavy atom. The van der Waals surface area contributed by atoms with E-state index in [1.807, 2.05) is 36.4 Å². The number of hydrogen-bond donors (Lipinski definition) is 2. The van der Waals surface area contributed by atoms with E-state index in [1.165, 1.54) is 11.1 Å². The molecule has 5 heteroatoms. The molecule has 0 atom stereocenters. The van der Waals surface area contributed by atoms with Gasteiger partial charge in [0.15, 0.2) is 0 Å². The Balaban J connectivity index is 1.31. The van der Waals surface area contributed by atoms with Gasteiger partial charge in [0.05, 0.1) is 0 Å². The summed E-state index contributed by atoms with van der Waals surface area (Å²) in [5, 5.41) is 24.2. The average Bonchev–Trinajstić information content (AvgIpc) is 3.49. The molecule has 2 N–H and O–H groups in total. The van der Waals surface area contributed by atoms with Crippen LogP contribution < -0.4 is 10.4 Å². The second-order valence-corrected chi connectivity index (χ2v) is 11.2. The van der Waals surface area contributed by atoms with Crippen molar-refractivity contribution < 1.29 is 14.5 Å². The molecule has 0 spiro atoms. The van der Waals surface area contributed by atoms with Crippen molar-refractivity contribution in [1.29, 1.82) is 0 Å². The molecule has 0 saturated carbocycles. The van der Waals surface area contributed by atoms with E-state index in [-0.39, 0.29) is 0 Å². The molecule has 1 heterocycles. The van der Waals surface area contributed by atoms with Crippen LogP contribution in [0.1, 0.15) is 0 Å². The second-order valence-electron chi connectivity index (χ2n) is 11.2. The normalized spacial score (nSPS) is 11.3. The Labute approximate surface area is 261 Å². The molecule has 8 aromatic rings. The van der Waals surface area contributed by atoms with Gasteiger partial charge >= 0.3 is 7.12 Å². The number of fused-ring (bicyclic) bond motifs is 5. The molecule has 0 unspecified atom stereocenters. The molecule has 0 fully saturated rings. The zero-order chi connectivity index (χ0) is 30.3. The van der Waals surface area contributed by atoms with Gasteiger partial charge in [-0.2, -0.15) is 0 Å². The van der Waals surface area contributed by atoms with Crippen LogP contribution in [0.4, 0.5) is 17.1 Å². The van der Waals surface area contributed by atoms with Crippen molar-refractivity contribution in [2.24, 2.45) is 0 Å². The summed E-state index contributed by atoms with van der Waals surface area (Å²) in [6.07, 6.45) is 0. The van der Waals surface area contributed by atoms with Gasteiger partial charge in [0, 0.05) is 33.3 Å². The third-order valence-corrected chi connectivity index (χ3v) is 8.48. The maximum atomic E-state index is 10.2. The van der Waals surface area contributed by atoms with Gasteiger partial charge in [-0.05, 0) is 75.5 Å². The molecule has 7 aromatic carbocycles. The first-order valence-electron chi connectivity index (χ1n) is 15.0. The molecule has 0 aliphatic heterocycles. The fraction of sp³-hybridized carbons (Fsp3) is 0. The van der Waals surface area contributed by atoms with E-state index in [0.29, 0.717) is 16.6 Å². The summed E-state index contributed by atoms with van der Waals surface area (Å²) in [7, 11) is -1.65. The number of rotatable bonds is 6. The van der Waals surface area contributed by atoms with Crippen molar-refractivity contribution in [3.63, 3.8) is 0 Å². The molecular weight excluding hydrogens is 553 g/mol. The zero-order valence-electron chi connectivity index (χ0n) is 24.3. The summed E-state index contributed by atoms with van der Waals surface area (Å²) in [6.45, 7) is 0. The first-order chi connectivity index (χ1) is 22.1. The van der Waals surface area contributed by atoms with E-state index < -0.39 is 7.12 Å². The molecule has 0 bridgehead atoms. The van der Waals surface area contributed by atoms with E-state index in [4.69, 9.17) is 4.42 Å². The SMILES string of the molecule is OB(O)c1cc2ccccc2c2c1oc1ccc(N(c3ccc(-c4ccccc4)cc3)c3ccc(-c4ccccc4)cc3)cc12. The predicted molar refractivity (Wildman–Crippen MR) is 187 cm³/mol. The van der Waals surface area contributed by atoms with Crippen LogP contribution in [0.25, 0.3) is 55.0 Å². The van der Waals surface area contributed by atoms with Gasteiger partial charge in [0.25, 0.3) is 0 Å². The lowest BCUT2D eigenvalue weighted by Crippen LogP contribution is -2.30. The van der Waals surface area contributed by atoms with Crippen molar-refractivity contribution in [3.05, 3.63) is 158 Å². The molecule has 4 nitrogen and oxygen atoms in total. The van der Waals surface area contributed by atoms with Crippen molar-refractivity contribution in [2.45, 2.75) is 0 Å². The minimum absolute atomic E-state index is 0.353. The van der Waals surface area contributed by atoms with Crippen LogP contribution in [0.3, 0.4) is 0 Å². The van der Waals surface area contributed by atoms with Gasteiger partial charge in [-0.25, -0.2) is 0 Å². The number of benzene rings is 7. The van der Waals surface area contributed by atoms with Crippen LogP contribution >= 0.6 is 0 Å². The quantitative estimate of drug-likeness (QED) is 0.192. The number of anilines is 3. The molecular formula is C40H28BNO3. The van der Waals surface area contributed by atoms with Gasteiger partial charge < -0.3 is 19.4 Å². The molecule has 8 rings (SSSR count). The Bertz CT molecular complexity index is 2200. The summed E-state index contributed by atoms with van der Waals surface area (Å²) in [6, 6.07) is 53.9. The summed E-state index contributed by atoms with van der Waals surface area (Å²) >= 11 is 0. The van der Waals surface area contributed by atoms with Crippen molar-refractivity contribution in [1.82, 2.24) is 0 Å². The third-order valence-electron chi connectivity index (χ3n) is 8.48. The number of hydrogen-bond acceptors (Lipinski definition) is 4. The largest absolute Gasteiger partial charge is 0.492 e. The Kier molecular flexibility index (Phi) is 6.68. The first kappa shape index (κ1) is 27.0.